The maximum atomic E-state index is 12.9. The summed E-state index contributed by atoms with van der Waals surface area (Å²) in [5.41, 5.74) is 3.22. The predicted molar refractivity (Wildman–Crippen MR) is 122 cm³/mol. The third kappa shape index (κ3) is 5.28. The third-order valence-corrected chi connectivity index (χ3v) is 6.23. The molecule has 2 aromatic carbocycles. The number of nitrogens with zero attached hydrogens (tertiary/aromatic N) is 2. The molecule has 176 valence electrons. The van der Waals surface area contributed by atoms with E-state index in [1.54, 1.807) is 17.0 Å². The predicted octanol–water partition coefficient (Wildman–Crippen LogP) is 3.47. The van der Waals surface area contributed by atoms with Crippen LogP contribution in [0.3, 0.4) is 0 Å². The van der Waals surface area contributed by atoms with E-state index in [1.165, 1.54) is 4.90 Å². The van der Waals surface area contributed by atoms with Gasteiger partial charge >= 0.3 is 12.2 Å². The van der Waals surface area contributed by atoms with Crippen molar-refractivity contribution in [3.8, 4) is 0 Å². The summed E-state index contributed by atoms with van der Waals surface area (Å²) < 4.78 is 37.9. The molecule has 2 amide bonds. The zero-order chi connectivity index (χ0) is 23.6. The summed E-state index contributed by atoms with van der Waals surface area (Å²) in [5.74, 6) is 0. The topological polar surface area (TPSA) is 102 Å². The number of ether oxygens (including phenoxy) is 2. The van der Waals surface area contributed by atoms with E-state index in [0.29, 0.717) is 12.1 Å². The van der Waals surface area contributed by atoms with Crippen LogP contribution in [0.15, 0.2) is 48.5 Å². The van der Waals surface area contributed by atoms with Gasteiger partial charge in [0.2, 0.25) is 0 Å². The van der Waals surface area contributed by atoms with Crippen LogP contribution in [0.1, 0.15) is 24.5 Å². The van der Waals surface area contributed by atoms with E-state index in [0.717, 1.165) is 29.5 Å². The van der Waals surface area contributed by atoms with Gasteiger partial charge in [-0.3, -0.25) is 14.0 Å². The minimum atomic E-state index is -3.62. The summed E-state index contributed by atoms with van der Waals surface area (Å²) >= 11 is 0. The van der Waals surface area contributed by atoms with E-state index in [9.17, 15) is 18.0 Å². The fourth-order valence-corrected chi connectivity index (χ4v) is 4.46. The average molecular weight is 475 g/mol. The second-order valence-electron chi connectivity index (χ2n) is 8.09. The molecule has 2 aliphatic heterocycles. The number of anilines is 2. The Morgan fingerprint density at radius 3 is 2.64 bits per heavy atom. The molecule has 0 saturated carbocycles. The minimum absolute atomic E-state index is 0.0417. The highest BCUT2D eigenvalue weighted by Crippen LogP contribution is 2.37. The van der Waals surface area contributed by atoms with Crippen molar-refractivity contribution in [2.45, 2.75) is 38.5 Å². The van der Waals surface area contributed by atoms with Crippen LogP contribution in [0.4, 0.5) is 21.0 Å². The van der Waals surface area contributed by atoms with Gasteiger partial charge in [-0.05, 0) is 42.2 Å². The maximum Gasteiger partial charge on any atom is 0.414 e. The molecule has 0 bridgehead atoms. The van der Waals surface area contributed by atoms with Crippen molar-refractivity contribution in [1.82, 2.24) is 0 Å². The first-order valence-corrected chi connectivity index (χ1v) is 12.5. The van der Waals surface area contributed by atoms with Crippen molar-refractivity contribution in [3.05, 3.63) is 59.7 Å². The summed E-state index contributed by atoms with van der Waals surface area (Å²) in [7, 11) is -3.62. The molecule has 1 unspecified atom stereocenters. The van der Waals surface area contributed by atoms with Gasteiger partial charge < -0.3 is 9.47 Å². The first-order chi connectivity index (χ1) is 15.7. The average Bonchev–Trinajstić information content (AvgIpc) is 3.35. The molecule has 0 aromatic heterocycles. The highest BCUT2D eigenvalue weighted by molar-refractivity contribution is 7.85. The lowest BCUT2D eigenvalue weighted by molar-refractivity contribution is 0.107. The maximum absolute atomic E-state index is 12.9. The van der Waals surface area contributed by atoms with Crippen LogP contribution in [0.5, 0.6) is 0 Å². The number of hydrogen-bond acceptors (Lipinski definition) is 7. The molecule has 0 N–H and O–H groups in total. The third-order valence-electron chi connectivity index (χ3n) is 5.67. The summed E-state index contributed by atoms with van der Waals surface area (Å²) in [6.07, 6.45) is 0.679. The molecule has 0 radical (unpaired) electrons. The van der Waals surface area contributed by atoms with Gasteiger partial charge in [0, 0.05) is 11.7 Å². The fraction of sp³-hybridized carbons (Fsp3) is 0.391. The number of hydrogen-bond donors (Lipinski definition) is 0. The van der Waals surface area contributed by atoms with Crippen molar-refractivity contribution >= 4 is 33.7 Å². The van der Waals surface area contributed by atoms with E-state index >= 15 is 0 Å². The number of rotatable bonds is 7. The summed E-state index contributed by atoms with van der Waals surface area (Å²) in [5, 5.41) is 0. The zero-order valence-electron chi connectivity index (χ0n) is 18.5. The molecule has 2 aliphatic rings. The van der Waals surface area contributed by atoms with Crippen molar-refractivity contribution in [3.63, 3.8) is 0 Å². The van der Waals surface area contributed by atoms with Gasteiger partial charge in [0.15, 0.2) is 0 Å². The number of benzene rings is 2. The van der Waals surface area contributed by atoms with Gasteiger partial charge in [-0.1, -0.05) is 37.3 Å². The Hall–Kier alpha value is -3.11. The standard InChI is InChI=1S/C23H26N2O7S/c1-3-18-11-17-12-19(24-13-20(32-22(24)26)15-31-33(2,28)29)9-10-21(17)25(18)23(27)30-14-16-7-5-4-6-8-16/h4-10,12,18,20H,3,11,13-15H2,1-2H3/t18?,20-/m1/s1. The second-order valence-corrected chi connectivity index (χ2v) is 9.74. The number of fused-ring (bicyclic) bond motifs is 1. The van der Waals surface area contributed by atoms with Gasteiger partial charge in [0.25, 0.3) is 10.1 Å². The molecule has 1 fully saturated rings. The van der Waals surface area contributed by atoms with E-state index in [2.05, 4.69) is 0 Å². The zero-order valence-corrected chi connectivity index (χ0v) is 19.3. The lowest BCUT2D eigenvalue weighted by Crippen LogP contribution is -2.37. The molecule has 1 saturated heterocycles. The van der Waals surface area contributed by atoms with Crippen molar-refractivity contribution in [2.75, 3.05) is 29.2 Å². The fourth-order valence-electron chi connectivity index (χ4n) is 4.06. The number of amides is 2. The Balaban J connectivity index is 1.47. The van der Waals surface area contributed by atoms with Crippen LogP contribution in [-0.4, -0.2) is 52.2 Å². The SMILES string of the molecule is CCC1Cc2cc(N3C[C@H](COS(C)(=O)=O)OC3=O)ccc2N1C(=O)OCc1ccccc1. The summed E-state index contributed by atoms with van der Waals surface area (Å²) in [6.45, 7) is 2.15. The van der Waals surface area contributed by atoms with Gasteiger partial charge in [-0.25, -0.2) is 9.59 Å². The molecule has 2 aromatic rings. The summed E-state index contributed by atoms with van der Waals surface area (Å²) in [4.78, 5) is 28.3. The van der Waals surface area contributed by atoms with Crippen LogP contribution in [0.2, 0.25) is 0 Å². The first kappa shape index (κ1) is 23.1. The molecule has 10 heteroatoms. The van der Waals surface area contributed by atoms with Crippen LogP contribution < -0.4 is 9.80 Å². The van der Waals surface area contributed by atoms with Gasteiger partial charge in [0.1, 0.15) is 19.3 Å². The molecule has 4 rings (SSSR count). The smallest absolute Gasteiger partial charge is 0.414 e. The molecule has 2 heterocycles. The van der Waals surface area contributed by atoms with Gasteiger partial charge in [0.05, 0.1) is 18.5 Å². The van der Waals surface area contributed by atoms with E-state index < -0.39 is 28.4 Å². The second kappa shape index (κ2) is 9.40. The number of carbonyl (C=O) groups is 2. The van der Waals surface area contributed by atoms with E-state index in [1.807, 2.05) is 43.3 Å². The Morgan fingerprint density at radius 2 is 1.94 bits per heavy atom. The Labute approximate surface area is 193 Å². The normalized spacial score (nSPS) is 20.0. The van der Waals surface area contributed by atoms with Crippen LogP contribution in [0, 0.1) is 0 Å². The van der Waals surface area contributed by atoms with Crippen LogP contribution >= 0.6 is 0 Å². The van der Waals surface area contributed by atoms with Crippen molar-refractivity contribution < 1.29 is 31.7 Å². The monoisotopic (exact) mass is 474 g/mol. The molecule has 0 aliphatic carbocycles. The molecule has 33 heavy (non-hydrogen) atoms. The molecule has 2 atom stereocenters. The highest BCUT2D eigenvalue weighted by Gasteiger charge is 2.37. The lowest BCUT2D eigenvalue weighted by Gasteiger charge is -2.24. The Morgan fingerprint density at radius 1 is 1.18 bits per heavy atom. The van der Waals surface area contributed by atoms with Crippen LogP contribution in [0.25, 0.3) is 0 Å². The largest absolute Gasteiger partial charge is 0.444 e. The molecule has 0 spiro atoms. The quantitative estimate of drug-likeness (QED) is 0.566. The van der Waals surface area contributed by atoms with E-state index in [4.69, 9.17) is 13.7 Å². The molecular formula is C23H26N2O7S. The van der Waals surface area contributed by atoms with E-state index in [-0.39, 0.29) is 25.8 Å². The first-order valence-electron chi connectivity index (χ1n) is 10.7. The van der Waals surface area contributed by atoms with Gasteiger partial charge in [-0.15, -0.1) is 0 Å². The Kier molecular flexibility index (Phi) is 6.57. The highest BCUT2D eigenvalue weighted by atomic mass is 32.2. The lowest BCUT2D eigenvalue weighted by atomic mass is 10.1. The molecule has 9 nitrogen and oxygen atoms in total. The van der Waals surface area contributed by atoms with Crippen molar-refractivity contribution in [2.24, 2.45) is 0 Å². The Bertz CT molecular complexity index is 1140. The van der Waals surface area contributed by atoms with Gasteiger partial charge in [-0.2, -0.15) is 8.42 Å². The van der Waals surface area contributed by atoms with Crippen molar-refractivity contribution in [1.29, 1.82) is 0 Å². The number of carbonyl (C=O) groups excluding carboxylic acids is 2. The van der Waals surface area contributed by atoms with Crippen LogP contribution in [-0.2, 0) is 36.8 Å². The summed E-state index contributed by atoms with van der Waals surface area (Å²) in [6, 6.07) is 14.9. The molecular weight excluding hydrogens is 448 g/mol. The minimum Gasteiger partial charge on any atom is -0.444 e. The number of cyclic esters (lactones) is 1.